The number of ether oxygens (including phenoxy) is 2. The second kappa shape index (κ2) is 17.6. The van der Waals surface area contributed by atoms with E-state index in [2.05, 4.69) is 19.8 Å². The number of nitrogens with zero attached hydrogens (tertiary/aromatic N) is 2. The van der Waals surface area contributed by atoms with Gasteiger partial charge in [0.05, 0.1) is 29.6 Å². The molecule has 0 aliphatic heterocycles. The van der Waals surface area contributed by atoms with E-state index >= 15 is 0 Å². The number of carbonyl (C=O) groups is 2. The van der Waals surface area contributed by atoms with Crippen molar-refractivity contribution < 1.29 is 50.9 Å². The highest BCUT2D eigenvalue weighted by molar-refractivity contribution is 7.92. The summed E-state index contributed by atoms with van der Waals surface area (Å²) < 4.78 is 72.2. The van der Waals surface area contributed by atoms with Crippen LogP contribution in [-0.2, 0) is 30.9 Å². The molecule has 1 aromatic heterocycles. The molecule has 0 bridgehead atoms. The summed E-state index contributed by atoms with van der Waals surface area (Å²) in [6.45, 7) is 5.70. The Morgan fingerprint density at radius 2 is 1.70 bits per heavy atom. The summed E-state index contributed by atoms with van der Waals surface area (Å²) in [4.78, 5) is 25.1. The Balaban J connectivity index is 0.000000661. The number of aromatic nitrogens is 2. The zero-order valence-electron chi connectivity index (χ0n) is 27.6. The number of β-amino-alcohol motifs (C(OH)–C–C–N with tert-alkyl or cyclic N) is 1. The Labute approximate surface area is 287 Å². The standard InChI is InChI=1S/C30H34N4O6S.C4H5F3O2/c1-30(2,14-15-34-19-27(31-21-34)22-8-7-11-25(17-22)40-20-29(36)37)32-18-28(35)23-9-6-10-24(16-23)33-41(38,39)26-12-4-3-5-13-26;1-2-9-3(8)4(5,6)7/h3-13,16-17,19,21,28,32-33,35H,14-15,18,20H2,1-2H3,(H,36,37);2H2,1H3. The molecular weight excluding hydrogens is 681 g/mol. The van der Waals surface area contributed by atoms with Crippen molar-refractivity contribution in [1.82, 2.24) is 14.9 Å². The molecule has 0 radical (unpaired) electrons. The van der Waals surface area contributed by atoms with E-state index in [9.17, 15) is 36.3 Å². The number of aliphatic carboxylic acids is 1. The van der Waals surface area contributed by atoms with Crippen molar-refractivity contribution in [1.29, 1.82) is 0 Å². The van der Waals surface area contributed by atoms with Crippen LogP contribution in [0, 0.1) is 0 Å². The third-order valence-corrected chi connectivity index (χ3v) is 8.38. The van der Waals surface area contributed by atoms with Gasteiger partial charge in [0.2, 0.25) is 0 Å². The van der Waals surface area contributed by atoms with Gasteiger partial charge in [0.15, 0.2) is 6.61 Å². The number of benzene rings is 3. The fourth-order valence-electron chi connectivity index (χ4n) is 4.35. The van der Waals surface area contributed by atoms with Crippen LogP contribution < -0.4 is 14.8 Å². The Hall–Kier alpha value is -4.93. The van der Waals surface area contributed by atoms with Crippen LogP contribution in [-0.4, -0.2) is 71.6 Å². The number of imidazole rings is 1. The van der Waals surface area contributed by atoms with Gasteiger partial charge in [-0.3, -0.25) is 4.72 Å². The summed E-state index contributed by atoms with van der Waals surface area (Å²) >= 11 is 0. The van der Waals surface area contributed by atoms with E-state index < -0.39 is 40.8 Å². The molecule has 0 spiro atoms. The summed E-state index contributed by atoms with van der Waals surface area (Å²) in [5.74, 6) is -2.71. The van der Waals surface area contributed by atoms with E-state index in [1.165, 1.54) is 19.1 Å². The van der Waals surface area contributed by atoms with Crippen LogP contribution in [0.2, 0.25) is 0 Å². The minimum atomic E-state index is -4.85. The Bertz CT molecular complexity index is 1820. The number of carboxylic acid groups (broad SMARTS) is 1. The lowest BCUT2D eigenvalue weighted by atomic mass is 9.99. The maximum atomic E-state index is 12.7. The Kier molecular flexibility index (Phi) is 13.9. The highest BCUT2D eigenvalue weighted by atomic mass is 32.2. The first-order chi connectivity index (χ1) is 23.5. The van der Waals surface area contributed by atoms with E-state index in [4.69, 9.17) is 9.84 Å². The first kappa shape index (κ1) is 39.5. The van der Waals surface area contributed by atoms with Crippen LogP contribution in [0.4, 0.5) is 18.9 Å². The number of anilines is 1. The molecule has 270 valence electrons. The number of sulfonamides is 1. The van der Waals surface area contributed by atoms with Gasteiger partial charge in [0.1, 0.15) is 5.75 Å². The number of rotatable bonds is 15. The van der Waals surface area contributed by atoms with E-state index in [1.54, 1.807) is 67.0 Å². The van der Waals surface area contributed by atoms with Gasteiger partial charge in [-0.1, -0.05) is 42.5 Å². The third kappa shape index (κ3) is 12.8. The van der Waals surface area contributed by atoms with Gasteiger partial charge in [-0.15, -0.1) is 0 Å². The molecule has 0 amide bonds. The van der Waals surface area contributed by atoms with Crippen molar-refractivity contribution in [3.8, 4) is 17.0 Å². The largest absolute Gasteiger partial charge is 0.490 e. The highest BCUT2D eigenvalue weighted by Crippen LogP contribution is 2.24. The number of halogens is 3. The zero-order chi connectivity index (χ0) is 37.0. The van der Waals surface area contributed by atoms with Crippen molar-refractivity contribution in [2.75, 3.05) is 24.5 Å². The molecule has 4 rings (SSSR count). The van der Waals surface area contributed by atoms with Crippen molar-refractivity contribution in [3.05, 3.63) is 97.0 Å². The van der Waals surface area contributed by atoms with Crippen molar-refractivity contribution in [2.45, 2.75) is 56.5 Å². The van der Waals surface area contributed by atoms with E-state index in [1.807, 2.05) is 30.7 Å². The molecule has 0 saturated heterocycles. The molecule has 50 heavy (non-hydrogen) atoms. The number of alkyl halides is 3. The lowest BCUT2D eigenvalue weighted by Crippen LogP contribution is -2.42. The normalized spacial score (nSPS) is 12.3. The first-order valence-corrected chi connectivity index (χ1v) is 16.8. The second-order valence-corrected chi connectivity index (χ2v) is 13.2. The van der Waals surface area contributed by atoms with Crippen LogP contribution in [0.15, 0.2) is 96.3 Å². The van der Waals surface area contributed by atoms with Crippen molar-refractivity contribution in [2.24, 2.45) is 0 Å². The van der Waals surface area contributed by atoms with Gasteiger partial charge in [0.25, 0.3) is 10.0 Å². The van der Waals surface area contributed by atoms with E-state index in [0.717, 1.165) is 17.7 Å². The molecule has 12 nitrogen and oxygen atoms in total. The molecule has 0 saturated carbocycles. The molecule has 1 atom stereocenters. The molecule has 16 heteroatoms. The average molecular weight is 721 g/mol. The minimum Gasteiger partial charge on any atom is -0.482 e. The maximum Gasteiger partial charge on any atom is 0.490 e. The summed E-state index contributed by atoms with van der Waals surface area (Å²) in [5.41, 5.74) is 2.22. The second-order valence-electron chi connectivity index (χ2n) is 11.5. The molecule has 1 heterocycles. The topological polar surface area (TPSA) is 169 Å². The summed E-state index contributed by atoms with van der Waals surface area (Å²) in [7, 11) is -3.73. The lowest BCUT2D eigenvalue weighted by molar-refractivity contribution is -0.199. The number of hydrogen-bond acceptors (Lipinski definition) is 9. The number of esters is 1. The summed E-state index contributed by atoms with van der Waals surface area (Å²) in [6, 6.07) is 22.0. The van der Waals surface area contributed by atoms with Gasteiger partial charge < -0.3 is 29.6 Å². The summed E-state index contributed by atoms with van der Waals surface area (Å²) in [6.07, 6.45) is -1.29. The lowest BCUT2D eigenvalue weighted by Gasteiger charge is -2.28. The van der Waals surface area contributed by atoms with Crippen LogP contribution in [0.3, 0.4) is 0 Å². The molecule has 0 aliphatic rings. The predicted molar refractivity (Wildman–Crippen MR) is 179 cm³/mol. The Morgan fingerprint density at radius 3 is 2.34 bits per heavy atom. The quantitative estimate of drug-likeness (QED) is 0.116. The van der Waals surface area contributed by atoms with Gasteiger partial charge >= 0.3 is 18.1 Å². The number of hydrogen-bond donors (Lipinski definition) is 4. The molecule has 1 unspecified atom stereocenters. The first-order valence-electron chi connectivity index (χ1n) is 15.3. The van der Waals surface area contributed by atoms with E-state index in [-0.39, 0.29) is 23.6 Å². The average Bonchev–Trinajstić information content (AvgIpc) is 3.55. The molecule has 4 aromatic rings. The molecule has 3 aromatic carbocycles. The predicted octanol–water partition coefficient (Wildman–Crippen LogP) is 5.42. The van der Waals surface area contributed by atoms with Crippen LogP contribution in [0.1, 0.15) is 38.9 Å². The number of aryl methyl sites for hydroxylation is 1. The fraction of sp³-hybridized carbons (Fsp3) is 0.324. The van der Waals surface area contributed by atoms with Crippen molar-refractivity contribution >= 4 is 27.6 Å². The minimum absolute atomic E-state index is 0.164. The van der Waals surface area contributed by atoms with Crippen LogP contribution in [0.5, 0.6) is 5.75 Å². The van der Waals surface area contributed by atoms with Gasteiger partial charge in [-0.25, -0.2) is 23.0 Å². The van der Waals surface area contributed by atoms with Crippen LogP contribution >= 0.6 is 0 Å². The Morgan fingerprint density at radius 1 is 1.00 bits per heavy atom. The molecule has 0 fully saturated rings. The van der Waals surface area contributed by atoms with Gasteiger partial charge in [-0.2, -0.15) is 13.2 Å². The van der Waals surface area contributed by atoms with Gasteiger partial charge in [0, 0.05) is 36.1 Å². The maximum absolute atomic E-state index is 12.7. The number of nitrogens with one attached hydrogen (secondary N) is 2. The fourth-order valence-corrected chi connectivity index (χ4v) is 5.42. The number of carbonyl (C=O) groups excluding carboxylic acids is 1. The SMILES string of the molecule is CC(C)(CCn1cnc(-c2cccc(OCC(=O)O)c2)c1)NCC(O)c1cccc(NS(=O)(=O)c2ccccc2)c1.CCOC(=O)C(F)(F)F. The van der Waals surface area contributed by atoms with Crippen molar-refractivity contribution in [3.63, 3.8) is 0 Å². The third-order valence-electron chi connectivity index (χ3n) is 6.98. The molecule has 4 N–H and O–H groups in total. The van der Waals surface area contributed by atoms with Gasteiger partial charge in [-0.05, 0) is 69.2 Å². The molecular formula is C34H39F3N4O8S. The number of carboxylic acids is 1. The highest BCUT2D eigenvalue weighted by Gasteiger charge is 2.40. The summed E-state index contributed by atoms with van der Waals surface area (Å²) in [5, 5.41) is 23.1. The molecule has 0 aliphatic carbocycles. The van der Waals surface area contributed by atoms with E-state index in [0.29, 0.717) is 23.5 Å². The number of aliphatic hydroxyl groups excluding tert-OH is 1. The monoisotopic (exact) mass is 720 g/mol. The number of aliphatic hydroxyl groups is 1. The zero-order valence-corrected chi connectivity index (χ0v) is 28.4. The smallest absolute Gasteiger partial charge is 0.482 e. The van der Waals surface area contributed by atoms with Crippen LogP contribution in [0.25, 0.3) is 11.3 Å².